The molecule has 158 valence electrons. The largest absolute Gasteiger partial charge is 0.399 e. The summed E-state index contributed by atoms with van der Waals surface area (Å²) < 4.78 is 0. The Balaban J connectivity index is 0.000000176. The Hall–Kier alpha value is -3.72. The van der Waals surface area contributed by atoms with Crippen LogP contribution in [0.5, 0.6) is 0 Å². The molecule has 0 saturated carbocycles. The maximum atomic E-state index is 5.98. The third-order valence-corrected chi connectivity index (χ3v) is 5.46. The Labute approximate surface area is 185 Å². The van der Waals surface area contributed by atoms with Crippen LogP contribution in [-0.4, -0.2) is 0 Å². The molecule has 0 spiro atoms. The van der Waals surface area contributed by atoms with Gasteiger partial charge in [0.15, 0.2) is 0 Å². The van der Waals surface area contributed by atoms with Crippen molar-refractivity contribution < 1.29 is 0 Å². The van der Waals surface area contributed by atoms with Crippen molar-refractivity contribution in [3.8, 4) is 0 Å². The van der Waals surface area contributed by atoms with Crippen LogP contribution in [0.25, 0.3) is 5.57 Å². The zero-order valence-electron chi connectivity index (χ0n) is 18.1. The third-order valence-electron chi connectivity index (χ3n) is 5.46. The second kappa shape index (κ2) is 10.9. The maximum absolute atomic E-state index is 5.98. The average molecular weight is 410 g/mol. The van der Waals surface area contributed by atoms with Gasteiger partial charge >= 0.3 is 0 Å². The van der Waals surface area contributed by atoms with Crippen molar-refractivity contribution in [2.45, 2.75) is 26.2 Å². The number of nitrogens with two attached hydrogens (primary N) is 3. The van der Waals surface area contributed by atoms with E-state index in [9.17, 15) is 0 Å². The third kappa shape index (κ3) is 5.89. The molecule has 0 bridgehead atoms. The highest BCUT2D eigenvalue weighted by molar-refractivity contribution is 5.86. The van der Waals surface area contributed by atoms with E-state index in [4.69, 9.17) is 17.2 Å². The topological polar surface area (TPSA) is 78.1 Å². The van der Waals surface area contributed by atoms with E-state index < -0.39 is 0 Å². The molecule has 0 atom stereocenters. The van der Waals surface area contributed by atoms with Crippen LogP contribution in [0.1, 0.15) is 30.0 Å². The van der Waals surface area contributed by atoms with E-state index in [1.807, 2.05) is 54.6 Å². The lowest BCUT2D eigenvalue weighted by molar-refractivity contribution is 0.966. The highest BCUT2D eigenvalue weighted by Gasteiger charge is 2.10. The Morgan fingerprint density at radius 2 is 1.23 bits per heavy atom. The van der Waals surface area contributed by atoms with Crippen molar-refractivity contribution in [3.63, 3.8) is 0 Å². The summed E-state index contributed by atoms with van der Waals surface area (Å²) in [6.07, 6.45) is 11.4. The number of nitrogen functional groups attached to an aromatic ring is 3. The maximum Gasteiger partial charge on any atom is 0.0393 e. The minimum atomic E-state index is 0.846. The van der Waals surface area contributed by atoms with E-state index in [2.05, 4.69) is 49.4 Å². The quantitative estimate of drug-likeness (QED) is 0.449. The Morgan fingerprint density at radius 1 is 0.710 bits per heavy atom. The van der Waals surface area contributed by atoms with E-state index in [1.54, 1.807) is 0 Å². The molecule has 6 N–H and O–H groups in total. The summed E-state index contributed by atoms with van der Waals surface area (Å²) >= 11 is 0. The molecule has 0 aliphatic heterocycles. The smallest absolute Gasteiger partial charge is 0.0393 e. The van der Waals surface area contributed by atoms with Gasteiger partial charge < -0.3 is 17.2 Å². The molecule has 0 amide bonds. The fourth-order valence-corrected chi connectivity index (χ4v) is 3.65. The van der Waals surface area contributed by atoms with Gasteiger partial charge in [0.1, 0.15) is 0 Å². The number of hydrogen-bond acceptors (Lipinski definition) is 3. The van der Waals surface area contributed by atoms with E-state index in [0.29, 0.717) is 0 Å². The van der Waals surface area contributed by atoms with Crippen LogP contribution >= 0.6 is 0 Å². The molecular weight excluding hydrogens is 378 g/mol. The van der Waals surface area contributed by atoms with Crippen molar-refractivity contribution >= 4 is 22.6 Å². The number of rotatable bonds is 4. The highest BCUT2D eigenvalue weighted by atomic mass is 14.6. The first-order valence-corrected chi connectivity index (χ1v) is 10.6. The molecule has 31 heavy (non-hydrogen) atoms. The van der Waals surface area contributed by atoms with Crippen LogP contribution in [0.2, 0.25) is 0 Å². The first-order chi connectivity index (χ1) is 15.1. The fraction of sp³-hybridized carbons (Fsp3) is 0.143. The summed E-state index contributed by atoms with van der Waals surface area (Å²) in [6.45, 7) is 2.07. The number of para-hydroxylation sites is 3. The molecule has 0 fully saturated rings. The van der Waals surface area contributed by atoms with Gasteiger partial charge in [0.05, 0.1) is 0 Å². The van der Waals surface area contributed by atoms with Crippen molar-refractivity contribution in [1.29, 1.82) is 0 Å². The SMILES string of the molecule is CC=C1CC=CC=C1c1ccccc1N.Nc1ccccc1CCc1ccccc1N. The summed E-state index contributed by atoms with van der Waals surface area (Å²) in [5.41, 5.74) is 26.4. The van der Waals surface area contributed by atoms with E-state index in [-0.39, 0.29) is 0 Å². The predicted molar refractivity (Wildman–Crippen MR) is 135 cm³/mol. The van der Waals surface area contributed by atoms with Crippen LogP contribution in [0, 0.1) is 0 Å². The Morgan fingerprint density at radius 3 is 1.74 bits per heavy atom. The molecule has 3 heteroatoms. The fourth-order valence-electron chi connectivity index (χ4n) is 3.65. The van der Waals surface area contributed by atoms with Gasteiger partial charge in [0.2, 0.25) is 0 Å². The minimum Gasteiger partial charge on any atom is -0.399 e. The van der Waals surface area contributed by atoms with E-state index >= 15 is 0 Å². The van der Waals surface area contributed by atoms with Crippen LogP contribution < -0.4 is 17.2 Å². The summed E-state index contributed by atoms with van der Waals surface area (Å²) in [4.78, 5) is 0. The standard InChI is InChI=1S/C14H16N2.C14H15N/c15-13-7-3-1-5-11(13)9-10-12-6-2-4-8-14(12)16;1-2-11-7-3-4-8-12(11)13-9-5-6-10-14(13)15/h1-8H,9-10,15-16H2;2-6,8-10H,7,15H2,1H3. The molecule has 3 nitrogen and oxygen atoms in total. The monoisotopic (exact) mass is 409 g/mol. The van der Waals surface area contributed by atoms with Crippen LogP contribution in [0.4, 0.5) is 17.1 Å². The molecular formula is C28H31N3. The molecule has 0 heterocycles. The zero-order valence-corrected chi connectivity index (χ0v) is 18.1. The number of allylic oxidation sites excluding steroid dienone is 6. The molecule has 0 unspecified atom stereocenters. The molecule has 1 aliphatic rings. The predicted octanol–water partition coefficient (Wildman–Crippen LogP) is 6.19. The van der Waals surface area contributed by atoms with Crippen molar-refractivity contribution in [1.82, 2.24) is 0 Å². The first kappa shape index (κ1) is 22.0. The first-order valence-electron chi connectivity index (χ1n) is 10.6. The molecule has 3 aromatic carbocycles. The van der Waals surface area contributed by atoms with Gasteiger partial charge in [0.25, 0.3) is 0 Å². The second-order valence-corrected chi connectivity index (χ2v) is 7.51. The number of anilines is 3. The number of benzene rings is 3. The Bertz CT molecular complexity index is 1060. The second-order valence-electron chi connectivity index (χ2n) is 7.51. The molecule has 0 saturated heterocycles. The normalized spacial score (nSPS) is 14.0. The molecule has 0 radical (unpaired) electrons. The van der Waals surface area contributed by atoms with Crippen LogP contribution in [0.15, 0.2) is 103 Å². The van der Waals surface area contributed by atoms with E-state index in [1.165, 1.54) is 22.3 Å². The summed E-state index contributed by atoms with van der Waals surface area (Å²) in [6, 6.07) is 23.9. The minimum absolute atomic E-state index is 0.846. The van der Waals surface area contributed by atoms with Crippen molar-refractivity contribution in [3.05, 3.63) is 119 Å². The van der Waals surface area contributed by atoms with Crippen LogP contribution in [-0.2, 0) is 12.8 Å². The number of aryl methyl sites for hydroxylation is 2. The average Bonchev–Trinajstić information content (AvgIpc) is 2.80. The summed E-state index contributed by atoms with van der Waals surface area (Å²) in [7, 11) is 0. The highest BCUT2D eigenvalue weighted by Crippen LogP contribution is 2.31. The molecule has 4 rings (SSSR count). The summed E-state index contributed by atoms with van der Waals surface area (Å²) in [5.74, 6) is 0. The summed E-state index contributed by atoms with van der Waals surface area (Å²) in [5, 5.41) is 0. The number of hydrogen-bond donors (Lipinski definition) is 3. The molecule has 3 aromatic rings. The zero-order chi connectivity index (χ0) is 22.1. The van der Waals surface area contributed by atoms with Gasteiger partial charge in [-0.2, -0.15) is 0 Å². The van der Waals surface area contributed by atoms with Gasteiger partial charge in [-0.15, -0.1) is 0 Å². The molecule has 1 aliphatic carbocycles. The lowest BCUT2D eigenvalue weighted by Crippen LogP contribution is -1.99. The van der Waals surface area contributed by atoms with Crippen molar-refractivity contribution in [2.75, 3.05) is 17.2 Å². The lowest BCUT2D eigenvalue weighted by Gasteiger charge is -2.15. The lowest BCUT2D eigenvalue weighted by atomic mass is 9.91. The van der Waals surface area contributed by atoms with E-state index in [0.717, 1.165) is 41.9 Å². The van der Waals surface area contributed by atoms with Gasteiger partial charge in [-0.05, 0) is 66.7 Å². The van der Waals surface area contributed by atoms with Gasteiger partial charge in [0, 0.05) is 22.6 Å². The van der Waals surface area contributed by atoms with Crippen LogP contribution in [0.3, 0.4) is 0 Å². The molecule has 0 aromatic heterocycles. The van der Waals surface area contributed by atoms with Gasteiger partial charge in [-0.1, -0.05) is 78.9 Å². The van der Waals surface area contributed by atoms with Gasteiger partial charge in [-0.3, -0.25) is 0 Å². The van der Waals surface area contributed by atoms with Gasteiger partial charge in [-0.25, -0.2) is 0 Å². The van der Waals surface area contributed by atoms with Crippen molar-refractivity contribution in [2.24, 2.45) is 0 Å². The Kier molecular flexibility index (Phi) is 7.72.